The van der Waals surface area contributed by atoms with Gasteiger partial charge in [-0.2, -0.15) is 0 Å². The smallest absolute Gasteiger partial charge is 0.251 e. The molecule has 96 valence electrons. The summed E-state index contributed by atoms with van der Waals surface area (Å²) in [4.78, 5) is 23.3. The molecule has 0 bridgehead atoms. The molecule has 0 aliphatic carbocycles. The number of fused-ring (bicyclic) bond motifs is 1. The first-order valence-corrected chi connectivity index (χ1v) is 6.30. The first-order valence-electron chi connectivity index (χ1n) is 6.30. The Bertz CT molecular complexity index is 481. The molecule has 2 N–H and O–H groups in total. The van der Waals surface area contributed by atoms with E-state index in [9.17, 15) is 9.59 Å². The van der Waals surface area contributed by atoms with Gasteiger partial charge in [-0.15, -0.1) is 0 Å². The molecule has 1 aromatic carbocycles. The molecule has 4 nitrogen and oxygen atoms in total. The lowest BCUT2D eigenvalue weighted by Crippen LogP contribution is -2.30. The van der Waals surface area contributed by atoms with E-state index in [1.165, 1.54) is 0 Å². The Balaban J connectivity index is 2.24. The monoisotopic (exact) mass is 246 g/mol. The maximum atomic E-state index is 11.9. The van der Waals surface area contributed by atoms with Crippen molar-refractivity contribution in [1.29, 1.82) is 0 Å². The van der Waals surface area contributed by atoms with E-state index in [-0.39, 0.29) is 17.9 Å². The number of nitrogens with one attached hydrogen (secondary N) is 2. The fourth-order valence-corrected chi connectivity index (χ4v) is 2.06. The molecule has 0 aromatic heterocycles. The van der Waals surface area contributed by atoms with E-state index < -0.39 is 0 Å². The van der Waals surface area contributed by atoms with Gasteiger partial charge in [-0.3, -0.25) is 9.59 Å². The minimum Gasteiger partial charge on any atom is -0.350 e. The lowest BCUT2D eigenvalue weighted by molar-refractivity contribution is -0.116. The number of amides is 2. The van der Waals surface area contributed by atoms with Crippen molar-refractivity contribution in [3.8, 4) is 0 Å². The number of carbonyl (C=O) groups excluding carboxylic acids is 2. The van der Waals surface area contributed by atoms with Crippen LogP contribution < -0.4 is 10.6 Å². The van der Waals surface area contributed by atoms with Crippen molar-refractivity contribution in [3.63, 3.8) is 0 Å². The third kappa shape index (κ3) is 2.88. The van der Waals surface area contributed by atoms with Crippen LogP contribution >= 0.6 is 0 Å². The Morgan fingerprint density at radius 1 is 1.33 bits per heavy atom. The average Bonchev–Trinajstić information content (AvgIpc) is 2.47. The van der Waals surface area contributed by atoms with Crippen molar-refractivity contribution in [2.45, 2.75) is 39.2 Å². The zero-order valence-electron chi connectivity index (χ0n) is 10.7. The third-order valence-electron chi connectivity index (χ3n) is 2.91. The van der Waals surface area contributed by atoms with E-state index in [1.54, 1.807) is 6.07 Å². The Kier molecular flexibility index (Phi) is 3.65. The molecular weight excluding hydrogens is 228 g/mol. The van der Waals surface area contributed by atoms with Crippen LogP contribution in [0.25, 0.3) is 0 Å². The number of anilines is 1. The fourth-order valence-electron chi connectivity index (χ4n) is 2.06. The first-order chi connectivity index (χ1) is 8.56. The van der Waals surface area contributed by atoms with E-state index >= 15 is 0 Å². The number of carbonyl (C=O) groups is 2. The summed E-state index contributed by atoms with van der Waals surface area (Å²) in [5.41, 5.74) is 2.52. The molecule has 18 heavy (non-hydrogen) atoms. The topological polar surface area (TPSA) is 58.2 Å². The number of rotatable bonds is 2. The number of aryl methyl sites for hydroxylation is 1. The first kappa shape index (κ1) is 12.6. The molecule has 1 aromatic rings. The number of hydrogen-bond acceptors (Lipinski definition) is 2. The van der Waals surface area contributed by atoms with Gasteiger partial charge in [0.15, 0.2) is 0 Å². The van der Waals surface area contributed by atoms with Crippen molar-refractivity contribution in [2.75, 3.05) is 5.32 Å². The van der Waals surface area contributed by atoms with Gasteiger partial charge in [0.2, 0.25) is 5.91 Å². The summed E-state index contributed by atoms with van der Waals surface area (Å²) in [6.45, 7) is 3.86. The Hall–Kier alpha value is -1.84. The fraction of sp³-hybridized carbons (Fsp3) is 0.429. The Morgan fingerprint density at radius 2 is 2.11 bits per heavy atom. The van der Waals surface area contributed by atoms with Crippen LogP contribution in [0.15, 0.2) is 18.2 Å². The quantitative estimate of drug-likeness (QED) is 0.839. The summed E-state index contributed by atoms with van der Waals surface area (Å²) in [7, 11) is 0. The summed E-state index contributed by atoms with van der Waals surface area (Å²) in [5.74, 6) is -0.0171. The van der Waals surface area contributed by atoms with E-state index in [1.807, 2.05) is 26.0 Å². The van der Waals surface area contributed by atoms with Crippen molar-refractivity contribution >= 4 is 17.5 Å². The molecule has 2 amide bonds. The van der Waals surface area contributed by atoms with E-state index in [0.29, 0.717) is 12.0 Å². The average molecular weight is 246 g/mol. The highest BCUT2D eigenvalue weighted by molar-refractivity contribution is 5.97. The highest BCUT2D eigenvalue weighted by Crippen LogP contribution is 2.23. The van der Waals surface area contributed by atoms with Gasteiger partial charge in [0.05, 0.1) is 0 Å². The molecule has 1 heterocycles. The Morgan fingerprint density at radius 3 is 2.83 bits per heavy atom. The van der Waals surface area contributed by atoms with Crippen LogP contribution in [-0.2, 0) is 11.2 Å². The van der Waals surface area contributed by atoms with Crippen LogP contribution in [-0.4, -0.2) is 17.9 Å². The summed E-state index contributed by atoms with van der Waals surface area (Å²) in [6.07, 6.45) is 2.20. The summed E-state index contributed by atoms with van der Waals surface area (Å²) in [5, 5.41) is 5.72. The molecule has 0 saturated heterocycles. The van der Waals surface area contributed by atoms with Crippen LogP contribution in [0.5, 0.6) is 0 Å². The molecule has 0 atom stereocenters. The van der Waals surface area contributed by atoms with Gasteiger partial charge in [0.1, 0.15) is 0 Å². The molecule has 0 saturated carbocycles. The normalized spacial score (nSPS) is 14.7. The number of benzene rings is 1. The molecule has 2 rings (SSSR count). The molecule has 4 heteroatoms. The molecule has 1 aliphatic rings. The standard InChI is InChI=1S/C14H18N2O2/c1-9(2)15-14(18)11-6-7-12-10(8-11)4-3-5-13(17)16-12/h6-9H,3-5H2,1-2H3,(H,15,18)(H,16,17). The molecular formula is C14H18N2O2. The maximum absolute atomic E-state index is 11.9. The molecule has 0 radical (unpaired) electrons. The summed E-state index contributed by atoms with van der Waals surface area (Å²) in [6, 6.07) is 5.56. The van der Waals surface area contributed by atoms with Gasteiger partial charge < -0.3 is 10.6 Å². The lowest BCUT2D eigenvalue weighted by Gasteiger charge is -2.11. The van der Waals surface area contributed by atoms with Crippen LogP contribution in [0.3, 0.4) is 0 Å². The highest BCUT2D eigenvalue weighted by atomic mass is 16.2. The SMILES string of the molecule is CC(C)NC(=O)c1ccc2c(c1)CCCC(=O)N2. The summed E-state index contributed by atoms with van der Waals surface area (Å²) >= 11 is 0. The van der Waals surface area contributed by atoms with Crippen LogP contribution in [0.4, 0.5) is 5.69 Å². The lowest BCUT2D eigenvalue weighted by atomic mass is 10.0. The maximum Gasteiger partial charge on any atom is 0.251 e. The number of hydrogen-bond donors (Lipinski definition) is 2. The van der Waals surface area contributed by atoms with Crippen LogP contribution in [0, 0.1) is 0 Å². The summed E-state index contributed by atoms with van der Waals surface area (Å²) < 4.78 is 0. The second-order valence-electron chi connectivity index (χ2n) is 4.90. The van der Waals surface area contributed by atoms with Gasteiger partial charge in [-0.05, 0) is 50.5 Å². The van der Waals surface area contributed by atoms with Gasteiger partial charge in [0, 0.05) is 23.7 Å². The zero-order chi connectivity index (χ0) is 13.1. The molecule has 0 fully saturated rings. The van der Waals surface area contributed by atoms with Gasteiger partial charge in [-0.1, -0.05) is 0 Å². The predicted octanol–water partition coefficient (Wildman–Crippen LogP) is 2.10. The van der Waals surface area contributed by atoms with E-state index in [2.05, 4.69) is 10.6 Å². The third-order valence-corrected chi connectivity index (χ3v) is 2.91. The van der Waals surface area contributed by atoms with E-state index in [4.69, 9.17) is 0 Å². The second kappa shape index (κ2) is 5.21. The van der Waals surface area contributed by atoms with Crippen molar-refractivity contribution in [1.82, 2.24) is 5.32 Å². The van der Waals surface area contributed by atoms with Crippen molar-refractivity contribution in [3.05, 3.63) is 29.3 Å². The Labute approximate surface area is 107 Å². The zero-order valence-corrected chi connectivity index (χ0v) is 10.7. The van der Waals surface area contributed by atoms with Crippen LogP contribution in [0.2, 0.25) is 0 Å². The van der Waals surface area contributed by atoms with Crippen LogP contribution in [0.1, 0.15) is 42.6 Å². The van der Waals surface area contributed by atoms with Crippen molar-refractivity contribution in [2.24, 2.45) is 0 Å². The molecule has 1 aliphatic heterocycles. The van der Waals surface area contributed by atoms with Gasteiger partial charge >= 0.3 is 0 Å². The molecule has 0 unspecified atom stereocenters. The minimum atomic E-state index is -0.0663. The van der Waals surface area contributed by atoms with Gasteiger partial charge in [0.25, 0.3) is 5.91 Å². The predicted molar refractivity (Wildman–Crippen MR) is 70.6 cm³/mol. The van der Waals surface area contributed by atoms with E-state index in [0.717, 1.165) is 24.1 Å². The van der Waals surface area contributed by atoms with Gasteiger partial charge in [-0.25, -0.2) is 0 Å². The minimum absolute atomic E-state index is 0.0492. The second-order valence-corrected chi connectivity index (χ2v) is 4.90. The van der Waals surface area contributed by atoms with Crippen molar-refractivity contribution < 1.29 is 9.59 Å². The largest absolute Gasteiger partial charge is 0.350 e. The highest BCUT2D eigenvalue weighted by Gasteiger charge is 2.15. The molecule has 0 spiro atoms.